The van der Waals surface area contributed by atoms with Gasteiger partial charge in [-0.3, -0.25) is 19.2 Å². The van der Waals surface area contributed by atoms with E-state index in [9.17, 15) is 19.2 Å². The van der Waals surface area contributed by atoms with Gasteiger partial charge in [-0.1, -0.05) is 30.3 Å². The minimum absolute atomic E-state index is 0.133. The van der Waals surface area contributed by atoms with Crippen LogP contribution in [0.1, 0.15) is 28.8 Å². The van der Waals surface area contributed by atoms with E-state index in [4.69, 9.17) is 0 Å². The van der Waals surface area contributed by atoms with Gasteiger partial charge in [-0.15, -0.1) is 0 Å². The van der Waals surface area contributed by atoms with E-state index in [0.717, 1.165) is 0 Å². The number of allylic oxidation sites excluding steroid dienone is 4. The number of fused-ring (bicyclic) bond motifs is 1. The molecule has 0 radical (unpaired) electrons. The average molecular weight is 266 g/mol. The second-order valence-corrected chi connectivity index (χ2v) is 4.76. The van der Waals surface area contributed by atoms with Crippen molar-refractivity contribution in [2.75, 3.05) is 0 Å². The summed E-state index contributed by atoms with van der Waals surface area (Å²) in [7, 11) is 0. The molecule has 0 N–H and O–H groups in total. The van der Waals surface area contributed by atoms with Crippen LogP contribution in [0, 0.1) is 0 Å². The second kappa shape index (κ2) is 4.49. The van der Waals surface area contributed by atoms with E-state index in [1.165, 1.54) is 6.08 Å². The molecule has 98 valence electrons. The zero-order valence-electron chi connectivity index (χ0n) is 10.5. The van der Waals surface area contributed by atoms with Gasteiger partial charge in [0.2, 0.25) is 11.6 Å². The molecule has 1 aromatic carbocycles. The molecule has 3 rings (SSSR count). The first-order chi connectivity index (χ1) is 9.58. The van der Waals surface area contributed by atoms with Crippen LogP contribution in [-0.4, -0.2) is 23.1 Å². The van der Waals surface area contributed by atoms with Crippen LogP contribution in [0.2, 0.25) is 0 Å². The van der Waals surface area contributed by atoms with Crippen LogP contribution < -0.4 is 0 Å². The quantitative estimate of drug-likeness (QED) is 0.573. The fraction of sp³-hybridized carbons (Fsp3) is 0.125. The van der Waals surface area contributed by atoms with Crippen LogP contribution in [0.25, 0.3) is 5.57 Å². The number of ketones is 4. The standard InChI is InChI=1S/C16H10O4/c17-9-5-6-11(14(18)7-9)13-8-15(19)16(20)12-4-2-1-3-10(12)13/h1-4,6,8H,5,7H2. The number of hydrogen-bond donors (Lipinski definition) is 0. The van der Waals surface area contributed by atoms with Crippen LogP contribution in [-0.2, 0) is 14.4 Å². The Bertz CT molecular complexity index is 735. The molecule has 0 aromatic heterocycles. The van der Waals surface area contributed by atoms with Gasteiger partial charge in [-0.05, 0) is 17.2 Å². The van der Waals surface area contributed by atoms with Gasteiger partial charge in [-0.25, -0.2) is 0 Å². The Kier molecular flexibility index (Phi) is 2.79. The Morgan fingerprint density at radius 1 is 0.850 bits per heavy atom. The van der Waals surface area contributed by atoms with Gasteiger partial charge in [0.15, 0.2) is 5.78 Å². The third-order valence-corrected chi connectivity index (χ3v) is 3.44. The first-order valence-corrected chi connectivity index (χ1v) is 6.23. The topological polar surface area (TPSA) is 68.3 Å². The van der Waals surface area contributed by atoms with E-state index >= 15 is 0 Å². The lowest BCUT2D eigenvalue weighted by Gasteiger charge is -2.19. The molecule has 2 aliphatic rings. The number of benzene rings is 1. The lowest BCUT2D eigenvalue weighted by Crippen LogP contribution is -2.22. The highest BCUT2D eigenvalue weighted by atomic mass is 16.2. The van der Waals surface area contributed by atoms with Crippen LogP contribution in [0.3, 0.4) is 0 Å². The molecule has 0 spiro atoms. The van der Waals surface area contributed by atoms with Crippen molar-refractivity contribution in [3.05, 3.63) is 53.1 Å². The molecule has 0 saturated carbocycles. The highest BCUT2D eigenvalue weighted by molar-refractivity contribution is 6.51. The number of rotatable bonds is 1. The van der Waals surface area contributed by atoms with Crippen LogP contribution in [0.5, 0.6) is 0 Å². The summed E-state index contributed by atoms with van der Waals surface area (Å²) in [6.07, 6.45) is 2.78. The summed E-state index contributed by atoms with van der Waals surface area (Å²) >= 11 is 0. The maximum absolute atomic E-state index is 12.0. The van der Waals surface area contributed by atoms with Crippen molar-refractivity contribution in [2.45, 2.75) is 12.8 Å². The summed E-state index contributed by atoms with van der Waals surface area (Å²) in [5, 5.41) is 0. The summed E-state index contributed by atoms with van der Waals surface area (Å²) in [6.45, 7) is 0. The van der Waals surface area contributed by atoms with E-state index in [2.05, 4.69) is 0 Å². The Balaban J connectivity index is 2.17. The first-order valence-electron chi connectivity index (χ1n) is 6.23. The molecular formula is C16H10O4. The monoisotopic (exact) mass is 266 g/mol. The zero-order chi connectivity index (χ0) is 14.3. The van der Waals surface area contributed by atoms with Crippen molar-refractivity contribution in [2.24, 2.45) is 0 Å². The van der Waals surface area contributed by atoms with Crippen molar-refractivity contribution in [1.82, 2.24) is 0 Å². The molecule has 0 amide bonds. The first kappa shape index (κ1) is 12.4. The van der Waals surface area contributed by atoms with Gasteiger partial charge >= 0.3 is 0 Å². The highest BCUT2D eigenvalue weighted by Crippen LogP contribution is 2.33. The van der Waals surface area contributed by atoms with Crippen molar-refractivity contribution < 1.29 is 19.2 Å². The molecule has 1 aromatic rings. The van der Waals surface area contributed by atoms with Crippen LogP contribution in [0.15, 0.2) is 42.0 Å². The van der Waals surface area contributed by atoms with Gasteiger partial charge in [0.1, 0.15) is 5.78 Å². The van der Waals surface area contributed by atoms with Crippen molar-refractivity contribution in [1.29, 1.82) is 0 Å². The third kappa shape index (κ3) is 1.86. The van der Waals surface area contributed by atoms with Gasteiger partial charge in [0.25, 0.3) is 0 Å². The van der Waals surface area contributed by atoms with E-state index < -0.39 is 11.6 Å². The summed E-state index contributed by atoms with van der Waals surface area (Å²) < 4.78 is 0. The van der Waals surface area contributed by atoms with Gasteiger partial charge in [0, 0.05) is 17.6 Å². The number of carbonyl (C=O) groups excluding carboxylic acids is 4. The molecule has 0 atom stereocenters. The molecule has 0 bridgehead atoms. The predicted molar refractivity (Wildman–Crippen MR) is 71.1 cm³/mol. The van der Waals surface area contributed by atoms with E-state index in [0.29, 0.717) is 22.3 Å². The average Bonchev–Trinajstić information content (AvgIpc) is 2.43. The summed E-state index contributed by atoms with van der Waals surface area (Å²) in [4.78, 5) is 46.8. The molecule has 4 heteroatoms. The Morgan fingerprint density at radius 3 is 2.25 bits per heavy atom. The van der Waals surface area contributed by atoms with E-state index in [1.807, 2.05) is 0 Å². The second-order valence-electron chi connectivity index (χ2n) is 4.76. The maximum Gasteiger partial charge on any atom is 0.233 e. The van der Waals surface area contributed by atoms with Crippen LogP contribution in [0.4, 0.5) is 0 Å². The molecule has 20 heavy (non-hydrogen) atoms. The van der Waals surface area contributed by atoms with Crippen LogP contribution >= 0.6 is 0 Å². The molecule has 2 aliphatic carbocycles. The summed E-state index contributed by atoms with van der Waals surface area (Å²) in [5.41, 5.74) is 1.69. The molecule has 0 unspecified atom stereocenters. The van der Waals surface area contributed by atoms with E-state index in [1.54, 1.807) is 30.3 Å². The lowest BCUT2D eigenvalue weighted by atomic mass is 9.81. The molecule has 4 nitrogen and oxygen atoms in total. The number of carbonyl (C=O) groups is 4. The summed E-state index contributed by atoms with van der Waals surface area (Å²) in [5.74, 6) is -1.64. The Morgan fingerprint density at radius 2 is 1.55 bits per heavy atom. The molecular weight excluding hydrogens is 256 g/mol. The SMILES string of the molecule is O=C1CC=C(C2=CC(=O)C(=O)c3ccccc32)C(=O)C1. The van der Waals surface area contributed by atoms with Gasteiger partial charge in [-0.2, -0.15) is 0 Å². The van der Waals surface area contributed by atoms with Gasteiger partial charge in [0.05, 0.1) is 6.42 Å². The fourth-order valence-corrected chi connectivity index (χ4v) is 2.48. The summed E-state index contributed by atoms with van der Waals surface area (Å²) in [6, 6.07) is 6.69. The minimum atomic E-state index is -0.635. The normalized spacial score (nSPS) is 18.6. The van der Waals surface area contributed by atoms with Crippen molar-refractivity contribution in [3.63, 3.8) is 0 Å². The fourth-order valence-electron chi connectivity index (χ4n) is 2.48. The van der Waals surface area contributed by atoms with Crippen molar-refractivity contribution >= 4 is 28.7 Å². The zero-order valence-corrected chi connectivity index (χ0v) is 10.5. The molecule has 0 fully saturated rings. The maximum atomic E-state index is 12.0. The third-order valence-electron chi connectivity index (χ3n) is 3.44. The lowest BCUT2D eigenvalue weighted by molar-refractivity contribution is -0.125. The minimum Gasteiger partial charge on any atom is -0.299 e. The Hall–Kier alpha value is -2.62. The number of hydrogen-bond acceptors (Lipinski definition) is 4. The molecule has 0 saturated heterocycles. The molecule has 0 heterocycles. The largest absolute Gasteiger partial charge is 0.299 e. The van der Waals surface area contributed by atoms with E-state index in [-0.39, 0.29) is 24.4 Å². The molecule has 0 aliphatic heterocycles. The predicted octanol–water partition coefficient (Wildman–Crippen LogP) is 1.69. The van der Waals surface area contributed by atoms with Crippen molar-refractivity contribution in [3.8, 4) is 0 Å². The smallest absolute Gasteiger partial charge is 0.233 e. The number of Topliss-reactive ketones (excluding diaryl/α,β-unsaturated/α-hetero) is 3. The Labute approximate surface area is 114 Å². The highest BCUT2D eigenvalue weighted by Gasteiger charge is 2.30. The van der Waals surface area contributed by atoms with Gasteiger partial charge < -0.3 is 0 Å².